The Morgan fingerprint density at radius 1 is 1.71 bits per heavy atom. The van der Waals surface area contributed by atoms with Gasteiger partial charge in [0.05, 0.1) is 0 Å². The van der Waals surface area contributed by atoms with E-state index in [2.05, 4.69) is 28.7 Å². The third kappa shape index (κ3) is 3.08. The van der Waals surface area contributed by atoms with E-state index in [1.54, 1.807) is 0 Å². The molecule has 94 valence electrons. The van der Waals surface area contributed by atoms with Gasteiger partial charge in [-0.15, -0.1) is 0 Å². The van der Waals surface area contributed by atoms with Gasteiger partial charge in [0.2, 0.25) is 5.91 Å². The Balaban J connectivity index is 1.72. The second-order valence-electron chi connectivity index (χ2n) is 5.30. The van der Waals surface area contributed by atoms with Gasteiger partial charge < -0.3 is 9.88 Å². The van der Waals surface area contributed by atoms with Gasteiger partial charge in [-0.2, -0.15) is 0 Å². The number of amides is 1. The number of hydrogen-bond donors (Lipinski definition) is 1. The highest BCUT2D eigenvalue weighted by Crippen LogP contribution is 2.37. The molecule has 1 N–H and O–H groups in total. The molecule has 1 aromatic heterocycles. The maximum atomic E-state index is 11.7. The van der Waals surface area contributed by atoms with Crippen molar-refractivity contribution in [2.75, 3.05) is 6.54 Å². The van der Waals surface area contributed by atoms with E-state index in [0.29, 0.717) is 11.8 Å². The Bertz CT molecular complexity index is 399. The van der Waals surface area contributed by atoms with Crippen molar-refractivity contribution in [3.63, 3.8) is 0 Å². The van der Waals surface area contributed by atoms with Crippen molar-refractivity contribution in [2.24, 2.45) is 17.8 Å². The molecule has 1 aliphatic carbocycles. The largest absolute Gasteiger partial charge is 0.356 e. The fourth-order valence-corrected chi connectivity index (χ4v) is 2.09. The summed E-state index contributed by atoms with van der Waals surface area (Å²) in [4.78, 5) is 15.8. The summed E-state index contributed by atoms with van der Waals surface area (Å²) in [7, 11) is 0. The van der Waals surface area contributed by atoms with Gasteiger partial charge in [0.25, 0.3) is 0 Å². The van der Waals surface area contributed by atoms with E-state index in [1.165, 1.54) is 0 Å². The molecule has 0 saturated heterocycles. The molecule has 0 aliphatic heterocycles. The SMILES string of the molecule is Cc1nccn1C[C@H](C)CNC(=O)[C@H]1C[C@@H]1C. The third-order valence-electron chi connectivity index (χ3n) is 3.50. The molecule has 1 heterocycles. The van der Waals surface area contributed by atoms with Crippen molar-refractivity contribution in [3.8, 4) is 0 Å². The van der Waals surface area contributed by atoms with Crippen LogP contribution in [0.5, 0.6) is 0 Å². The molecule has 0 bridgehead atoms. The Labute approximate surface area is 102 Å². The van der Waals surface area contributed by atoms with E-state index >= 15 is 0 Å². The third-order valence-corrected chi connectivity index (χ3v) is 3.50. The zero-order valence-electron chi connectivity index (χ0n) is 10.8. The highest BCUT2D eigenvalue weighted by atomic mass is 16.2. The fourth-order valence-electron chi connectivity index (χ4n) is 2.09. The van der Waals surface area contributed by atoms with Gasteiger partial charge in [0.15, 0.2) is 0 Å². The Morgan fingerprint density at radius 2 is 2.41 bits per heavy atom. The quantitative estimate of drug-likeness (QED) is 0.842. The number of aryl methyl sites for hydroxylation is 1. The van der Waals surface area contributed by atoms with Crippen molar-refractivity contribution in [1.29, 1.82) is 0 Å². The van der Waals surface area contributed by atoms with Gasteiger partial charge in [0.1, 0.15) is 5.82 Å². The van der Waals surface area contributed by atoms with Crippen LogP contribution >= 0.6 is 0 Å². The van der Waals surface area contributed by atoms with Crippen LogP contribution in [-0.4, -0.2) is 22.0 Å². The first-order valence-corrected chi connectivity index (χ1v) is 6.33. The molecule has 0 spiro atoms. The van der Waals surface area contributed by atoms with Crippen LogP contribution in [0.15, 0.2) is 12.4 Å². The monoisotopic (exact) mass is 235 g/mol. The fraction of sp³-hybridized carbons (Fsp3) is 0.692. The molecule has 17 heavy (non-hydrogen) atoms. The average molecular weight is 235 g/mol. The number of carbonyl (C=O) groups excluding carboxylic acids is 1. The predicted octanol–water partition coefficient (Wildman–Crippen LogP) is 1.60. The zero-order chi connectivity index (χ0) is 12.4. The van der Waals surface area contributed by atoms with Crippen LogP contribution in [0.3, 0.4) is 0 Å². The van der Waals surface area contributed by atoms with Crippen LogP contribution < -0.4 is 5.32 Å². The summed E-state index contributed by atoms with van der Waals surface area (Å²) in [5, 5.41) is 3.03. The van der Waals surface area contributed by atoms with E-state index in [-0.39, 0.29) is 11.8 Å². The van der Waals surface area contributed by atoms with Crippen molar-refractivity contribution in [1.82, 2.24) is 14.9 Å². The number of aromatic nitrogens is 2. The molecule has 1 amide bonds. The Morgan fingerprint density at radius 3 is 2.94 bits per heavy atom. The molecule has 1 fully saturated rings. The Hall–Kier alpha value is -1.32. The van der Waals surface area contributed by atoms with E-state index in [4.69, 9.17) is 0 Å². The summed E-state index contributed by atoms with van der Waals surface area (Å²) in [5.41, 5.74) is 0. The van der Waals surface area contributed by atoms with Crippen molar-refractivity contribution in [3.05, 3.63) is 18.2 Å². The minimum atomic E-state index is 0.228. The molecule has 1 saturated carbocycles. The highest BCUT2D eigenvalue weighted by Gasteiger charge is 2.38. The van der Waals surface area contributed by atoms with E-state index < -0.39 is 0 Å². The van der Waals surface area contributed by atoms with Crippen LogP contribution in [0.4, 0.5) is 0 Å². The number of nitrogens with one attached hydrogen (secondary N) is 1. The van der Waals surface area contributed by atoms with Gasteiger partial charge in [-0.25, -0.2) is 4.98 Å². The smallest absolute Gasteiger partial charge is 0.223 e. The maximum absolute atomic E-state index is 11.7. The number of rotatable bonds is 5. The van der Waals surface area contributed by atoms with Crippen LogP contribution in [0.1, 0.15) is 26.1 Å². The molecular weight excluding hydrogens is 214 g/mol. The number of hydrogen-bond acceptors (Lipinski definition) is 2. The molecule has 2 rings (SSSR count). The molecule has 3 atom stereocenters. The lowest BCUT2D eigenvalue weighted by Gasteiger charge is -2.14. The van der Waals surface area contributed by atoms with E-state index in [1.807, 2.05) is 19.3 Å². The topological polar surface area (TPSA) is 46.9 Å². The molecule has 4 nitrogen and oxygen atoms in total. The van der Waals surface area contributed by atoms with Gasteiger partial charge in [-0.3, -0.25) is 4.79 Å². The van der Waals surface area contributed by atoms with E-state index in [9.17, 15) is 4.79 Å². The molecular formula is C13H21N3O. The van der Waals surface area contributed by atoms with Crippen molar-refractivity contribution in [2.45, 2.75) is 33.7 Å². The summed E-state index contributed by atoms with van der Waals surface area (Å²) in [5.74, 6) is 2.55. The second kappa shape index (κ2) is 4.90. The lowest BCUT2D eigenvalue weighted by Crippen LogP contribution is -2.31. The molecule has 0 radical (unpaired) electrons. The molecule has 0 unspecified atom stereocenters. The van der Waals surface area contributed by atoms with Crippen molar-refractivity contribution >= 4 is 5.91 Å². The lowest BCUT2D eigenvalue weighted by atomic mass is 10.1. The number of imidazole rings is 1. The molecule has 1 aromatic rings. The first kappa shape index (κ1) is 12.1. The standard InChI is InChI=1S/C13H21N3O/c1-9(8-16-5-4-14-11(16)3)7-15-13(17)12-6-10(12)2/h4-5,9-10,12H,6-8H2,1-3H3,(H,15,17)/t9-,10+,12+/m1/s1. The number of nitrogens with zero attached hydrogens (tertiary/aromatic N) is 2. The maximum Gasteiger partial charge on any atom is 0.223 e. The average Bonchev–Trinajstić information content (AvgIpc) is 2.89. The normalized spacial score (nSPS) is 24.4. The molecule has 0 aromatic carbocycles. The minimum absolute atomic E-state index is 0.228. The summed E-state index contributed by atoms with van der Waals surface area (Å²) >= 11 is 0. The van der Waals surface area contributed by atoms with Crippen LogP contribution in [0, 0.1) is 24.7 Å². The summed E-state index contributed by atoms with van der Waals surface area (Å²) < 4.78 is 2.12. The van der Waals surface area contributed by atoms with Crippen LogP contribution in [0.25, 0.3) is 0 Å². The van der Waals surface area contributed by atoms with Crippen molar-refractivity contribution < 1.29 is 4.79 Å². The summed E-state index contributed by atoms with van der Waals surface area (Å²) in [6.45, 7) is 7.93. The Kier molecular flexibility index (Phi) is 3.50. The van der Waals surface area contributed by atoms with Crippen LogP contribution in [-0.2, 0) is 11.3 Å². The highest BCUT2D eigenvalue weighted by molar-refractivity contribution is 5.81. The second-order valence-corrected chi connectivity index (χ2v) is 5.30. The predicted molar refractivity (Wildman–Crippen MR) is 66.4 cm³/mol. The lowest BCUT2D eigenvalue weighted by molar-refractivity contribution is -0.122. The number of carbonyl (C=O) groups is 1. The van der Waals surface area contributed by atoms with E-state index in [0.717, 1.165) is 25.3 Å². The van der Waals surface area contributed by atoms with Gasteiger partial charge in [0, 0.05) is 31.4 Å². The first-order chi connectivity index (χ1) is 8.08. The van der Waals surface area contributed by atoms with Gasteiger partial charge >= 0.3 is 0 Å². The van der Waals surface area contributed by atoms with Gasteiger partial charge in [-0.05, 0) is 25.2 Å². The van der Waals surface area contributed by atoms with Gasteiger partial charge in [-0.1, -0.05) is 13.8 Å². The minimum Gasteiger partial charge on any atom is -0.356 e. The first-order valence-electron chi connectivity index (χ1n) is 6.33. The van der Waals surface area contributed by atoms with Crippen LogP contribution in [0.2, 0.25) is 0 Å². The molecule has 1 aliphatic rings. The summed E-state index contributed by atoms with van der Waals surface area (Å²) in [6, 6.07) is 0. The molecule has 4 heteroatoms. The zero-order valence-corrected chi connectivity index (χ0v) is 10.8. The summed E-state index contributed by atoms with van der Waals surface area (Å²) in [6.07, 6.45) is 4.85.